The highest BCUT2D eigenvalue weighted by Crippen LogP contribution is 2.32. The molecule has 6 rings (SSSR count). The van der Waals surface area contributed by atoms with Gasteiger partial charge >= 0.3 is 0 Å². The molecule has 0 unspecified atom stereocenters. The predicted molar refractivity (Wildman–Crippen MR) is 136 cm³/mol. The summed E-state index contributed by atoms with van der Waals surface area (Å²) in [7, 11) is 0. The summed E-state index contributed by atoms with van der Waals surface area (Å²) in [5.41, 5.74) is 4.80. The number of halogens is 2. The van der Waals surface area contributed by atoms with E-state index in [1.165, 1.54) is 5.56 Å². The van der Waals surface area contributed by atoms with Gasteiger partial charge in [-0.25, -0.2) is 24.9 Å². The molecule has 4 aromatic heterocycles. The van der Waals surface area contributed by atoms with Crippen molar-refractivity contribution >= 4 is 46.8 Å². The van der Waals surface area contributed by atoms with Gasteiger partial charge in [0.15, 0.2) is 0 Å². The molecule has 0 spiro atoms. The van der Waals surface area contributed by atoms with Crippen molar-refractivity contribution in [2.75, 3.05) is 29.9 Å². The molecule has 9 nitrogen and oxygen atoms in total. The van der Waals surface area contributed by atoms with Crippen LogP contribution in [0, 0.1) is 0 Å². The third-order valence-corrected chi connectivity index (χ3v) is 6.64. The molecule has 0 bridgehead atoms. The fourth-order valence-corrected chi connectivity index (χ4v) is 4.98. The molecule has 0 radical (unpaired) electrons. The van der Waals surface area contributed by atoms with Crippen molar-refractivity contribution < 1.29 is 0 Å². The lowest BCUT2D eigenvalue weighted by molar-refractivity contribution is 0.519. The van der Waals surface area contributed by atoms with Crippen LogP contribution in [0.1, 0.15) is 24.1 Å². The van der Waals surface area contributed by atoms with E-state index in [1.807, 2.05) is 18.3 Å². The van der Waals surface area contributed by atoms with Crippen LogP contribution in [0.5, 0.6) is 0 Å². The molecule has 3 N–H and O–H groups in total. The molecular formula is C23H25Cl2N9. The number of hydrogen-bond donors (Lipinski definition) is 3. The number of rotatable bonds is 4. The van der Waals surface area contributed by atoms with E-state index >= 15 is 0 Å². The van der Waals surface area contributed by atoms with E-state index in [-0.39, 0.29) is 18.4 Å². The Hall–Kier alpha value is -3.01. The Morgan fingerprint density at radius 1 is 1.18 bits per heavy atom. The van der Waals surface area contributed by atoms with Crippen LogP contribution in [0.15, 0.2) is 37.1 Å². The van der Waals surface area contributed by atoms with Gasteiger partial charge in [-0.1, -0.05) is 11.6 Å². The summed E-state index contributed by atoms with van der Waals surface area (Å²) >= 11 is 6.49. The van der Waals surface area contributed by atoms with Crippen molar-refractivity contribution in [1.82, 2.24) is 35.2 Å². The van der Waals surface area contributed by atoms with Crippen molar-refractivity contribution in [3.8, 4) is 11.3 Å². The number of piperidine rings is 1. The first-order valence-corrected chi connectivity index (χ1v) is 11.6. The summed E-state index contributed by atoms with van der Waals surface area (Å²) in [6.07, 6.45) is 10.1. The zero-order valence-corrected chi connectivity index (χ0v) is 20.0. The van der Waals surface area contributed by atoms with Crippen LogP contribution in [0.2, 0.25) is 5.02 Å². The average Bonchev–Trinajstić information content (AvgIpc) is 3.29. The van der Waals surface area contributed by atoms with Crippen LogP contribution < -0.4 is 15.5 Å². The number of fused-ring (bicyclic) bond motifs is 2. The normalized spacial score (nSPS) is 17.8. The Morgan fingerprint density at radius 2 is 2.12 bits per heavy atom. The van der Waals surface area contributed by atoms with Gasteiger partial charge < -0.3 is 20.5 Å². The Labute approximate surface area is 208 Å². The monoisotopic (exact) mass is 497 g/mol. The van der Waals surface area contributed by atoms with Gasteiger partial charge in [0.25, 0.3) is 0 Å². The lowest BCUT2D eigenvalue weighted by Gasteiger charge is -2.35. The average molecular weight is 498 g/mol. The summed E-state index contributed by atoms with van der Waals surface area (Å²) in [6.45, 7) is 3.61. The van der Waals surface area contributed by atoms with Crippen molar-refractivity contribution in [3.63, 3.8) is 0 Å². The molecule has 1 fully saturated rings. The van der Waals surface area contributed by atoms with Crippen LogP contribution in [0.4, 0.5) is 11.8 Å². The summed E-state index contributed by atoms with van der Waals surface area (Å²) in [5, 5.41) is 8.42. The summed E-state index contributed by atoms with van der Waals surface area (Å²) < 4.78 is 0. The first-order chi connectivity index (χ1) is 16.3. The van der Waals surface area contributed by atoms with Crippen molar-refractivity contribution in [2.24, 2.45) is 0 Å². The molecule has 2 aliphatic rings. The van der Waals surface area contributed by atoms with Gasteiger partial charge in [-0.2, -0.15) is 0 Å². The Kier molecular flexibility index (Phi) is 6.49. The summed E-state index contributed by atoms with van der Waals surface area (Å²) in [5.74, 6) is 1.64. The topological polar surface area (TPSA) is 108 Å². The quantitative estimate of drug-likeness (QED) is 0.392. The highest BCUT2D eigenvalue weighted by molar-refractivity contribution is 6.33. The molecule has 4 aromatic rings. The van der Waals surface area contributed by atoms with Gasteiger partial charge in [-0.05, 0) is 37.9 Å². The molecular weight excluding hydrogens is 473 g/mol. The second kappa shape index (κ2) is 9.69. The van der Waals surface area contributed by atoms with Gasteiger partial charge in [-0.3, -0.25) is 0 Å². The van der Waals surface area contributed by atoms with Gasteiger partial charge in [0, 0.05) is 54.6 Å². The maximum atomic E-state index is 6.49. The number of hydrogen-bond acceptors (Lipinski definition) is 8. The van der Waals surface area contributed by atoms with Crippen LogP contribution in [-0.4, -0.2) is 55.6 Å². The third-order valence-electron chi connectivity index (χ3n) is 6.36. The fourth-order valence-electron chi connectivity index (χ4n) is 4.79. The molecule has 1 atom stereocenters. The van der Waals surface area contributed by atoms with Gasteiger partial charge in [0.2, 0.25) is 5.95 Å². The number of anilines is 2. The first-order valence-electron chi connectivity index (χ1n) is 11.3. The maximum absolute atomic E-state index is 6.49. The Balaban J connectivity index is 0.00000241. The van der Waals surface area contributed by atoms with Crippen molar-refractivity contribution in [1.29, 1.82) is 0 Å². The van der Waals surface area contributed by atoms with Crippen molar-refractivity contribution in [2.45, 2.75) is 31.8 Å². The van der Waals surface area contributed by atoms with E-state index in [1.54, 1.807) is 18.7 Å². The minimum atomic E-state index is 0. The standard InChI is InChI=1S/C23H24ClN9.ClH/c24-18-10-28-23(32-20(18)17-9-27-21-15(17)4-1-6-26-21)31-14-3-2-8-33(12-14)22-16-5-7-25-11-19(16)29-13-30-22;/h1,4,6,9-10,13-14,25H,2-3,5,7-8,11-12H2,(H,26,27)(H,28,31,32);1H/t14-;/m1./s1. The van der Waals surface area contributed by atoms with Crippen molar-refractivity contribution in [3.05, 3.63) is 53.3 Å². The number of aromatic nitrogens is 6. The van der Waals surface area contributed by atoms with E-state index in [0.717, 1.165) is 73.6 Å². The number of pyridine rings is 1. The van der Waals surface area contributed by atoms with E-state index in [0.29, 0.717) is 16.7 Å². The van der Waals surface area contributed by atoms with Gasteiger partial charge in [0.1, 0.15) is 17.8 Å². The highest BCUT2D eigenvalue weighted by Gasteiger charge is 2.26. The van der Waals surface area contributed by atoms with Crippen LogP contribution >= 0.6 is 24.0 Å². The van der Waals surface area contributed by atoms with Crippen LogP contribution in [-0.2, 0) is 13.0 Å². The second-order valence-corrected chi connectivity index (χ2v) is 8.88. The minimum Gasteiger partial charge on any atom is -0.354 e. The molecule has 0 saturated carbocycles. The summed E-state index contributed by atoms with van der Waals surface area (Å²) in [4.78, 5) is 28.3. The minimum absolute atomic E-state index is 0. The van der Waals surface area contributed by atoms with Gasteiger partial charge in [-0.15, -0.1) is 12.4 Å². The molecule has 176 valence electrons. The predicted octanol–water partition coefficient (Wildman–Crippen LogP) is 3.61. The SMILES string of the molecule is Cl.Clc1cnc(N[C@@H]2CCCN(c3ncnc4c3CCNC4)C2)nc1-c1c[nH]c2ncccc12. The zero-order chi connectivity index (χ0) is 22.2. The highest BCUT2D eigenvalue weighted by atomic mass is 35.5. The lowest BCUT2D eigenvalue weighted by atomic mass is 10.0. The fraction of sp³-hybridized carbons (Fsp3) is 0.348. The first kappa shape index (κ1) is 22.8. The summed E-state index contributed by atoms with van der Waals surface area (Å²) in [6, 6.07) is 4.13. The molecule has 34 heavy (non-hydrogen) atoms. The lowest BCUT2D eigenvalue weighted by Crippen LogP contribution is -2.43. The molecule has 11 heteroatoms. The van der Waals surface area contributed by atoms with E-state index in [2.05, 4.69) is 40.5 Å². The smallest absolute Gasteiger partial charge is 0.223 e. The van der Waals surface area contributed by atoms with E-state index in [4.69, 9.17) is 16.6 Å². The van der Waals surface area contributed by atoms with E-state index < -0.39 is 0 Å². The number of aromatic amines is 1. The second-order valence-electron chi connectivity index (χ2n) is 8.47. The number of nitrogens with zero attached hydrogens (tertiary/aromatic N) is 6. The van der Waals surface area contributed by atoms with E-state index in [9.17, 15) is 0 Å². The molecule has 6 heterocycles. The molecule has 2 aliphatic heterocycles. The largest absolute Gasteiger partial charge is 0.354 e. The van der Waals surface area contributed by atoms with Crippen LogP contribution in [0.3, 0.4) is 0 Å². The Bertz CT molecular complexity index is 1310. The molecule has 0 aromatic carbocycles. The molecule has 0 amide bonds. The van der Waals surface area contributed by atoms with Gasteiger partial charge in [0.05, 0.1) is 22.6 Å². The molecule has 1 saturated heterocycles. The number of nitrogens with one attached hydrogen (secondary N) is 3. The molecule has 0 aliphatic carbocycles. The zero-order valence-electron chi connectivity index (χ0n) is 18.5. The van der Waals surface area contributed by atoms with Crippen LogP contribution in [0.25, 0.3) is 22.3 Å². The maximum Gasteiger partial charge on any atom is 0.223 e. The third kappa shape index (κ3) is 4.26. The number of H-pyrrole nitrogens is 1. The Morgan fingerprint density at radius 3 is 3.06 bits per heavy atom.